The third-order valence-corrected chi connectivity index (χ3v) is 4.79. The van der Waals surface area contributed by atoms with Gasteiger partial charge in [-0.2, -0.15) is 5.10 Å². The summed E-state index contributed by atoms with van der Waals surface area (Å²) < 4.78 is 1.78. The van der Waals surface area contributed by atoms with Gasteiger partial charge in [-0.15, -0.1) is 0 Å². The molecular formula is C15H20N4O2. The second-order valence-corrected chi connectivity index (χ2v) is 6.41. The summed E-state index contributed by atoms with van der Waals surface area (Å²) in [6, 6.07) is 1.85. The molecule has 1 aromatic rings. The Bertz CT molecular complexity index is 574. The number of hydrogen-bond acceptors (Lipinski definition) is 3. The Kier molecular flexibility index (Phi) is 2.97. The lowest BCUT2D eigenvalue weighted by Crippen LogP contribution is -2.49. The highest BCUT2D eigenvalue weighted by Crippen LogP contribution is 2.31. The Labute approximate surface area is 123 Å². The Morgan fingerprint density at radius 3 is 2.71 bits per heavy atom. The molecule has 2 aliphatic carbocycles. The minimum absolute atomic E-state index is 0.00596. The van der Waals surface area contributed by atoms with E-state index in [1.165, 1.54) is 0 Å². The number of hydrogen-bond donors (Lipinski definition) is 1. The van der Waals surface area contributed by atoms with Gasteiger partial charge in [-0.05, 0) is 31.7 Å². The third-order valence-electron chi connectivity index (χ3n) is 4.79. The number of carbonyl (C=O) groups excluding carboxylic acids is 2. The summed E-state index contributed by atoms with van der Waals surface area (Å²) in [5.41, 5.74) is 0.949. The zero-order valence-electron chi connectivity index (χ0n) is 12.0. The van der Waals surface area contributed by atoms with E-state index in [9.17, 15) is 9.59 Å². The van der Waals surface area contributed by atoms with E-state index in [-0.39, 0.29) is 23.8 Å². The molecule has 21 heavy (non-hydrogen) atoms. The number of nitrogens with one attached hydrogen (secondary N) is 1. The SMILES string of the molecule is O=C(NC1CC1)C1CN(C(=O)C2CCC2)Cc2ccnn21. The van der Waals surface area contributed by atoms with Crippen LogP contribution in [0.4, 0.5) is 0 Å². The van der Waals surface area contributed by atoms with Crippen molar-refractivity contribution in [2.24, 2.45) is 5.92 Å². The zero-order valence-corrected chi connectivity index (χ0v) is 12.0. The van der Waals surface area contributed by atoms with Crippen LogP contribution in [-0.2, 0) is 16.1 Å². The van der Waals surface area contributed by atoms with Crippen molar-refractivity contribution in [2.45, 2.75) is 50.7 Å². The molecule has 2 fully saturated rings. The monoisotopic (exact) mass is 288 g/mol. The van der Waals surface area contributed by atoms with Crippen LogP contribution >= 0.6 is 0 Å². The molecule has 4 rings (SSSR count). The number of aromatic nitrogens is 2. The fourth-order valence-electron chi connectivity index (χ4n) is 3.09. The number of rotatable bonds is 3. The molecule has 2 heterocycles. The lowest BCUT2D eigenvalue weighted by atomic mass is 9.84. The van der Waals surface area contributed by atoms with Crippen molar-refractivity contribution < 1.29 is 9.59 Å². The Hall–Kier alpha value is -1.85. The van der Waals surface area contributed by atoms with Crippen LogP contribution in [0.1, 0.15) is 43.8 Å². The molecule has 1 aromatic heterocycles. The van der Waals surface area contributed by atoms with Crippen molar-refractivity contribution in [1.29, 1.82) is 0 Å². The number of fused-ring (bicyclic) bond motifs is 1. The van der Waals surface area contributed by atoms with Gasteiger partial charge in [0.2, 0.25) is 11.8 Å². The van der Waals surface area contributed by atoms with Crippen molar-refractivity contribution in [2.75, 3.05) is 6.54 Å². The molecule has 6 nitrogen and oxygen atoms in total. The normalized spacial score (nSPS) is 25.1. The van der Waals surface area contributed by atoms with E-state index in [1.54, 1.807) is 10.9 Å². The number of carbonyl (C=O) groups is 2. The van der Waals surface area contributed by atoms with E-state index >= 15 is 0 Å². The van der Waals surface area contributed by atoms with Gasteiger partial charge in [0, 0.05) is 18.2 Å². The molecular weight excluding hydrogens is 268 g/mol. The Morgan fingerprint density at radius 2 is 2.05 bits per heavy atom. The van der Waals surface area contributed by atoms with Gasteiger partial charge in [0.15, 0.2) is 0 Å². The average molecular weight is 288 g/mol. The van der Waals surface area contributed by atoms with Crippen LogP contribution in [-0.4, -0.2) is 39.1 Å². The molecule has 112 valence electrons. The first-order valence-electron chi connectivity index (χ1n) is 7.84. The van der Waals surface area contributed by atoms with Gasteiger partial charge < -0.3 is 10.2 Å². The van der Waals surface area contributed by atoms with Gasteiger partial charge in [0.1, 0.15) is 6.04 Å². The van der Waals surface area contributed by atoms with Crippen molar-refractivity contribution in [3.05, 3.63) is 18.0 Å². The summed E-state index contributed by atoms with van der Waals surface area (Å²) in [6.45, 7) is 1.02. The largest absolute Gasteiger partial charge is 0.351 e. The van der Waals surface area contributed by atoms with Gasteiger partial charge >= 0.3 is 0 Å². The maximum absolute atomic E-state index is 12.5. The first-order chi connectivity index (χ1) is 10.2. The van der Waals surface area contributed by atoms with Crippen LogP contribution < -0.4 is 5.32 Å². The molecule has 1 atom stereocenters. The van der Waals surface area contributed by atoms with Crippen LogP contribution in [0.3, 0.4) is 0 Å². The fraction of sp³-hybridized carbons (Fsp3) is 0.667. The molecule has 0 radical (unpaired) electrons. The molecule has 2 saturated carbocycles. The van der Waals surface area contributed by atoms with Crippen LogP contribution in [0, 0.1) is 5.92 Å². The summed E-state index contributed by atoms with van der Waals surface area (Å²) in [4.78, 5) is 26.7. The van der Waals surface area contributed by atoms with Crippen LogP contribution in [0.25, 0.3) is 0 Å². The minimum atomic E-state index is -0.381. The quantitative estimate of drug-likeness (QED) is 0.896. The number of amides is 2. The molecule has 0 spiro atoms. The highest BCUT2D eigenvalue weighted by atomic mass is 16.2. The molecule has 1 aliphatic heterocycles. The topological polar surface area (TPSA) is 67.2 Å². The highest BCUT2D eigenvalue weighted by Gasteiger charge is 2.38. The molecule has 1 N–H and O–H groups in total. The molecule has 6 heteroatoms. The standard InChI is InChI=1S/C15H20N4O2/c20-14(17-11-4-5-11)13-9-18(15(21)10-2-1-3-10)8-12-6-7-16-19(12)13/h6-7,10-11,13H,1-5,8-9H2,(H,17,20). The molecule has 0 aromatic carbocycles. The van der Waals surface area contributed by atoms with Gasteiger partial charge in [0.25, 0.3) is 0 Å². The van der Waals surface area contributed by atoms with E-state index in [4.69, 9.17) is 0 Å². The smallest absolute Gasteiger partial charge is 0.246 e. The number of nitrogens with zero attached hydrogens (tertiary/aromatic N) is 3. The van der Waals surface area contributed by atoms with Gasteiger partial charge in [-0.25, -0.2) is 0 Å². The average Bonchev–Trinajstić information content (AvgIpc) is 3.09. The molecule has 0 bridgehead atoms. The predicted octanol–water partition coefficient (Wildman–Crippen LogP) is 0.845. The van der Waals surface area contributed by atoms with Crippen molar-refractivity contribution in [1.82, 2.24) is 20.0 Å². The van der Waals surface area contributed by atoms with Crippen molar-refractivity contribution in [3.63, 3.8) is 0 Å². The summed E-state index contributed by atoms with van der Waals surface area (Å²) in [5.74, 6) is 0.373. The van der Waals surface area contributed by atoms with E-state index in [0.717, 1.165) is 37.8 Å². The van der Waals surface area contributed by atoms with E-state index < -0.39 is 0 Å². The maximum Gasteiger partial charge on any atom is 0.246 e. The van der Waals surface area contributed by atoms with E-state index in [1.807, 2.05) is 11.0 Å². The van der Waals surface area contributed by atoms with Crippen LogP contribution in [0.15, 0.2) is 12.3 Å². The van der Waals surface area contributed by atoms with Crippen molar-refractivity contribution in [3.8, 4) is 0 Å². The molecule has 3 aliphatic rings. The second kappa shape index (κ2) is 4.86. The summed E-state index contributed by atoms with van der Waals surface area (Å²) >= 11 is 0. The Morgan fingerprint density at radius 1 is 1.24 bits per heavy atom. The highest BCUT2D eigenvalue weighted by molar-refractivity contribution is 5.84. The summed E-state index contributed by atoms with van der Waals surface area (Å²) in [7, 11) is 0. The van der Waals surface area contributed by atoms with Crippen LogP contribution in [0.2, 0.25) is 0 Å². The van der Waals surface area contributed by atoms with Crippen LogP contribution in [0.5, 0.6) is 0 Å². The van der Waals surface area contributed by atoms with Crippen molar-refractivity contribution >= 4 is 11.8 Å². The first-order valence-corrected chi connectivity index (χ1v) is 7.84. The molecule has 1 unspecified atom stereocenters. The Balaban J connectivity index is 1.54. The molecule has 0 saturated heterocycles. The molecule has 2 amide bonds. The third kappa shape index (κ3) is 2.32. The van der Waals surface area contributed by atoms with Gasteiger partial charge in [0.05, 0.1) is 18.8 Å². The first kappa shape index (κ1) is 12.9. The van der Waals surface area contributed by atoms with Gasteiger partial charge in [-0.1, -0.05) is 6.42 Å². The van der Waals surface area contributed by atoms with E-state index in [2.05, 4.69) is 10.4 Å². The lowest BCUT2D eigenvalue weighted by molar-refractivity contribution is -0.141. The predicted molar refractivity (Wildman–Crippen MR) is 75.2 cm³/mol. The maximum atomic E-state index is 12.5. The zero-order chi connectivity index (χ0) is 14.4. The fourth-order valence-corrected chi connectivity index (χ4v) is 3.09. The summed E-state index contributed by atoms with van der Waals surface area (Å²) in [5, 5.41) is 7.31. The van der Waals surface area contributed by atoms with Gasteiger partial charge in [-0.3, -0.25) is 14.3 Å². The minimum Gasteiger partial charge on any atom is -0.351 e. The second-order valence-electron chi connectivity index (χ2n) is 6.41. The summed E-state index contributed by atoms with van der Waals surface area (Å²) in [6.07, 6.45) is 6.98. The lowest BCUT2D eigenvalue weighted by Gasteiger charge is -2.37. The van der Waals surface area contributed by atoms with E-state index in [0.29, 0.717) is 19.1 Å².